The first-order chi connectivity index (χ1) is 14.0. The molecule has 3 fully saturated rings. The van der Waals surface area contributed by atoms with Gasteiger partial charge in [0.25, 0.3) is 0 Å². The first kappa shape index (κ1) is 28.8. The van der Waals surface area contributed by atoms with E-state index in [1.807, 2.05) is 27.7 Å². The molecule has 0 atom stereocenters. The smallest absolute Gasteiger partial charge is 0.0594 e. The van der Waals surface area contributed by atoms with Gasteiger partial charge in [0.15, 0.2) is 0 Å². The summed E-state index contributed by atoms with van der Waals surface area (Å²) < 4.78 is 5.21. The normalized spacial score (nSPS) is 22.9. The third-order valence-electron chi connectivity index (χ3n) is 6.06. The number of ether oxygens (including phenoxy) is 1. The summed E-state index contributed by atoms with van der Waals surface area (Å²) >= 11 is 0. The fraction of sp³-hybridized carbons (Fsp3) is 1.00. The molecule has 0 unspecified atom stereocenters. The van der Waals surface area contributed by atoms with Crippen molar-refractivity contribution >= 4 is 0 Å². The Morgan fingerprint density at radius 2 is 1.03 bits per heavy atom. The van der Waals surface area contributed by atoms with E-state index in [1.54, 1.807) is 0 Å². The molecule has 0 amide bonds. The number of nitrogens with zero attached hydrogens (tertiary/aromatic N) is 4. The highest BCUT2D eigenvalue weighted by atomic mass is 16.5. The summed E-state index contributed by atoms with van der Waals surface area (Å²) in [6, 6.07) is 2.28. The standard InChI is InChI=1S/C13H27N3.C7H15NO.2C2H6/c1-12(2)15-8-10-16(11-9-15)13-4-6-14(3)7-5-13;1-7(2)8-3-5-9-6-4-8;2*1-2/h12-13H,4-11H2,1-3H3;7H,3-6H2,1-2H3;2*1-2H3. The molecule has 5 heteroatoms. The van der Waals surface area contributed by atoms with E-state index >= 15 is 0 Å². The molecule has 3 heterocycles. The Morgan fingerprint density at radius 3 is 1.41 bits per heavy atom. The van der Waals surface area contributed by atoms with Gasteiger partial charge in [-0.25, -0.2) is 0 Å². The van der Waals surface area contributed by atoms with Crippen LogP contribution < -0.4 is 0 Å². The van der Waals surface area contributed by atoms with E-state index in [0.717, 1.165) is 38.4 Å². The van der Waals surface area contributed by atoms with E-state index in [9.17, 15) is 0 Å². The molecule has 0 N–H and O–H groups in total. The topological polar surface area (TPSA) is 22.2 Å². The Kier molecular flexibility index (Phi) is 17.4. The minimum atomic E-state index is 0.689. The molecule has 3 rings (SSSR count). The van der Waals surface area contributed by atoms with Crippen LogP contribution >= 0.6 is 0 Å². The van der Waals surface area contributed by atoms with Crippen LogP contribution in [0.1, 0.15) is 68.2 Å². The summed E-state index contributed by atoms with van der Waals surface area (Å²) in [6.45, 7) is 28.8. The summed E-state index contributed by atoms with van der Waals surface area (Å²) in [5.41, 5.74) is 0. The SMILES string of the molecule is CC.CC.CC(C)N1CCN(C2CCN(C)CC2)CC1.CC(C)N1CCOCC1. The van der Waals surface area contributed by atoms with Gasteiger partial charge in [0.2, 0.25) is 0 Å². The largest absolute Gasteiger partial charge is 0.379 e. The zero-order valence-electron chi connectivity index (χ0n) is 21.4. The summed E-state index contributed by atoms with van der Waals surface area (Å²) in [7, 11) is 2.24. The van der Waals surface area contributed by atoms with Gasteiger partial charge in [-0.15, -0.1) is 0 Å². The highest BCUT2D eigenvalue weighted by Crippen LogP contribution is 2.18. The maximum atomic E-state index is 5.21. The van der Waals surface area contributed by atoms with Crippen molar-refractivity contribution in [1.29, 1.82) is 0 Å². The molecule has 0 bridgehead atoms. The van der Waals surface area contributed by atoms with Crippen LogP contribution in [0.15, 0.2) is 0 Å². The number of likely N-dealkylation sites (tertiary alicyclic amines) is 1. The van der Waals surface area contributed by atoms with E-state index < -0.39 is 0 Å². The van der Waals surface area contributed by atoms with Gasteiger partial charge in [-0.05, 0) is 60.7 Å². The highest BCUT2D eigenvalue weighted by molar-refractivity contribution is 4.83. The van der Waals surface area contributed by atoms with Crippen molar-refractivity contribution < 1.29 is 4.74 Å². The summed E-state index contributed by atoms with van der Waals surface area (Å²) in [4.78, 5) is 10.2. The van der Waals surface area contributed by atoms with E-state index in [-0.39, 0.29) is 0 Å². The van der Waals surface area contributed by atoms with Crippen molar-refractivity contribution in [3.63, 3.8) is 0 Å². The van der Waals surface area contributed by atoms with E-state index in [1.165, 1.54) is 52.1 Å². The molecule has 0 aromatic rings. The molecule has 176 valence electrons. The van der Waals surface area contributed by atoms with Gasteiger partial charge in [-0.3, -0.25) is 14.7 Å². The average molecular weight is 415 g/mol. The zero-order valence-corrected chi connectivity index (χ0v) is 21.4. The number of rotatable bonds is 3. The molecule has 3 aliphatic heterocycles. The summed E-state index contributed by atoms with van der Waals surface area (Å²) in [5, 5.41) is 0. The van der Waals surface area contributed by atoms with E-state index in [4.69, 9.17) is 4.74 Å². The molecule has 0 spiro atoms. The molecule has 0 aromatic heterocycles. The third-order valence-corrected chi connectivity index (χ3v) is 6.06. The van der Waals surface area contributed by atoms with Crippen LogP contribution in [0.5, 0.6) is 0 Å². The summed E-state index contributed by atoms with van der Waals surface area (Å²) in [5.74, 6) is 0. The second-order valence-electron chi connectivity index (χ2n) is 8.44. The van der Waals surface area contributed by atoms with Gasteiger partial charge in [-0.2, -0.15) is 0 Å². The molecule has 3 saturated heterocycles. The van der Waals surface area contributed by atoms with Crippen LogP contribution in [0.25, 0.3) is 0 Å². The van der Waals surface area contributed by atoms with E-state index in [0.29, 0.717) is 6.04 Å². The number of piperazine rings is 1. The molecule has 29 heavy (non-hydrogen) atoms. The van der Waals surface area contributed by atoms with Crippen molar-refractivity contribution in [3.8, 4) is 0 Å². The molecule has 0 saturated carbocycles. The number of hydrogen-bond acceptors (Lipinski definition) is 5. The van der Waals surface area contributed by atoms with Gasteiger partial charge < -0.3 is 9.64 Å². The number of morpholine rings is 1. The van der Waals surface area contributed by atoms with Crippen molar-refractivity contribution in [2.24, 2.45) is 0 Å². The first-order valence-electron chi connectivity index (χ1n) is 12.5. The minimum absolute atomic E-state index is 0.689. The Hall–Kier alpha value is -0.200. The van der Waals surface area contributed by atoms with Crippen LogP contribution in [0.3, 0.4) is 0 Å². The van der Waals surface area contributed by atoms with Gasteiger partial charge in [0.1, 0.15) is 0 Å². The van der Waals surface area contributed by atoms with Crippen molar-refractivity contribution in [1.82, 2.24) is 19.6 Å². The maximum Gasteiger partial charge on any atom is 0.0594 e. The van der Waals surface area contributed by atoms with E-state index in [2.05, 4.69) is 54.3 Å². The lowest BCUT2D eigenvalue weighted by Crippen LogP contribution is -2.54. The quantitative estimate of drug-likeness (QED) is 0.697. The van der Waals surface area contributed by atoms with Gasteiger partial charge >= 0.3 is 0 Å². The lowest BCUT2D eigenvalue weighted by molar-refractivity contribution is 0.0238. The van der Waals surface area contributed by atoms with Crippen molar-refractivity contribution in [2.75, 3.05) is 72.6 Å². The third kappa shape index (κ3) is 11.7. The predicted molar refractivity (Wildman–Crippen MR) is 129 cm³/mol. The lowest BCUT2D eigenvalue weighted by atomic mass is 10.0. The first-order valence-corrected chi connectivity index (χ1v) is 12.5. The molecule has 0 radical (unpaired) electrons. The zero-order chi connectivity index (χ0) is 22.2. The maximum absolute atomic E-state index is 5.21. The molecular weight excluding hydrogens is 360 g/mol. The predicted octanol–water partition coefficient (Wildman–Crippen LogP) is 3.89. The second-order valence-corrected chi connectivity index (χ2v) is 8.44. The second kappa shape index (κ2) is 17.5. The van der Waals surface area contributed by atoms with Gasteiger partial charge in [0.05, 0.1) is 13.2 Å². The van der Waals surface area contributed by atoms with Crippen LogP contribution in [-0.4, -0.2) is 110 Å². The monoisotopic (exact) mass is 414 g/mol. The summed E-state index contributed by atoms with van der Waals surface area (Å²) in [6.07, 6.45) is 2.75. The Morgan fingerprint density at radius 1 is 0.621 bits per heavy atom. The molecule has 0 aromatic carbocycles. The molecule has 3 aliphatic rings. The Labute approximate surface area is 183 Å². The number of piperidine rings is 1. The van der Waals surface area contributed by atoms with Gasteiger partial charge in [0, 0.05) is 57.4 Å². The van der Waals surface area contributed by atoms with Crippen LogP contribution in [-0.2, 0) is 4.74 Å². The molecule has 5 nitrogen and oxygen atoms in total. The van der Waals surface area contributed by atoms with Crippen LogP contribution in [0.4, 0.5) is 0 Å². The fourth-order valence-electron chi connectivity index (χ4n) is 4.07. The van der Waals surface area contributed by atoms with Crippen LogP contribution in [0, 0.1) is 0 Å². The Bertz CT molecular complexity index is 343. The number of hydrogen-bond donors (Lipinski definition) is 0. The lowest BCUT2D eigenvalue weighted by Gasteiger charge is -2.43. The van der Waals surface area contributed by atoms with Gasteiger partial charge in [-0.1, -0.05) is 27.7 Å². The minimum Gasteiger partial charge on any atom is -0.379 e. The van der Waals surface area contributed by atoms with Crippen LogP contribution in [0.2, 0.25) is 0 Å². The molecular formula is C24H54N4O. The van der Waals surface area contributed by atoms with Crippen molar-refractivity contribution in [2.45, 2.75) is 86.4 Å². The average Bonchev–Trinajstić information content (AvgIpc) is 2.78. The highest BCUT2D eigenvalue weighted by Gasteiger charge is 2.26. The van der Waals surface area contributed by atoms with Crippen molar-refractivity contribution in [3.05, 3.63) is 0 Å². The Balaban J connectivity index is 0.000000513. The molecule has 0 aliphatic carbocycles. The fourth-order valence-corrected chi connectivity index (χ4v) is 4.07.